The molecule has 2 aromatic carbocycles. The zero-order valence-corrected chi connectivity index (χ0v) is 20.3. The van der Waals surface area contributed by atoms with Crippen LogP contribution in [0.2, 0.25) is 0 Å². The van der Waals surface area contributed by atoms with Crippen molar-refractivity contribution in [2.45, 2.75) is 59.0 Å². The van der Waals surface area contributed by atoms with Crippen molar-refractivity contribution in [3.05, 3.63) is 64.7 Å². The van der Waals surface area contributed by atoms with E-state index in [0.29, 0.717) is 19.7 Å². The first kappa shape index (κ1) is 24.9. The van der Waals surface area contributed by atoms with E-state index in [-0.39, 0.29) is 18.3 Å². The molecule has 1 saturated heterocycles. The molecule has 0 unspecified atom stereocenters. The van der Waals surface area contributed by atoms with E-state index in [1.807, 2.05) is 13.8 Å². The summed E-state index contributed by atoms with van der Waals surface area (Å²) in [5, 5.41) is 0. The zero-order chi connectivity index (χ0) is 23.8. The molecular formula is C25H32N2O5S. The van der Waals surface area contributed by atoms with Crippen molar-refractivity contribution < 1.29 is 22.7 Å². The van der Waals surface area contributed by atoms with Gasteiger partial charge < -0.3 is 19.3 Å². The maximum Gasteiger partial charge on any atom is 0.410 e. The van der Waals surface area contributed by atoms with Gasteiger partial charge in [-0.25, -0.2) is 4.79 Å². The van der Waals surface area contributed by atoms with Gasteiger partial charge >= 0.3 is 17.7 Å². The summed E-state index contributed by atoms with van der Waals surface area (Å²) in [6.45, 7) is 9.78. The van der Waals surface area contributed by atoms with Crippen molar-refractivity contribution in [1.29, 1.82) is 0 Å². The van der Waals surface area contributed by atoms with Gasteiger partial charge in [0.15, 0.2) is 0 Å². The normalized spacial score (nSPS) is 17.3. The number of nitrogens with zero attached hydrogens (tertiary/aromatic N) is 2. The molecule has 1 fully saturated rings. The molecule has 178 valence electrons. The van der Waals surface area contributed by atoms with Crippen molar-refractivity contribution in [3.63, 3.8) is 0 Å². The van der Waals surface area contributed by atoms with Crippen molar-refractivity contribution in [2.75, 3.05) is 24.5 Å². The lowest BCUT2D eigenvalue weighted by Crippen LogP contribution is -2.37. The standard InChI is InChI=1S/C25H32N2O3.O2S/c1-18(2)30-25(28)27-12-10-21-7-6-20(14-22(21)15-27)17-29-24-11-13-26(16-24)23-8-4-19(3)5-9-23;1-3-2/h4-9,14,18,24H,10-13,15-17H2,1-3H3;/t24-;/m0./s1. The Labute approximate surface area is 199 Å². The number of benzene rings is 2. The summed E-state index contributed by atoms with van der Waals surface area (Å²) >= 11 is -0.750. The summed E-state index contributed by atoms with van der Waals surface area (Å²) in [5.41, 5.74) is 6.25. The van der Waals surface area contributed by atoms with E-state index in [9.17, 15) is 4.79 Å². The number of carbonyl (C=O) groups is 1. The molecule has 2 aliphatic heterocycles. The highest BCUT2D eigenvalue weighted by atomic mass is 32.1. The second-order valence-corrected chi connectivity index (χ2v) is 8.91. The Morgan fingerprint density at radius 1 is 1.09 bits per heavy atom. The summed E-state index contributed by atoms with van der Waals surface area (Å²) < 4.78 is 28.2. The lowest BCUT2D eigenvalue weighted by Gasteiger charge is -2.29. The first-order valence-electron chi connectivity index (χ1n) is 11.3. The van der Waals surface area contributed by atoms with E-state index < -0.39 is 11.6 Å². The third-order valence-electron chi connectivity index (χ3n) is 5.91. The molecule has 8 heteroatoms. The van der Waals surface area contributed by atoms with Gasteiger partial charge in [0.2, 0.25) is 0 Å². The summed E-state index contributed by atoms with van der Waals surface area (Å²) in [4.78, 5) is 16.4. The molecule has 1 amide bonds. The molecule has 0 spiro atoms. The summed E-state index contributed by atoms with van der Waals surface area (Å²) in [6, 6.07) is 15.2. The number of aryl methyl sites for hydroxylation is 1. The van der Waals surface area contributed by atoms with E-state index in [0.717, 1.165) is 25.9 Å². The molecule has 2 aromatic rings. The molecular weight excluding hydrogens is 440 g/mol. The molecule has 0 radical (unpaired) electrons. The van der Waals surface area contributed by atoms with Gasteiger partial charge in [-0.3, -0.25) is 0 Å². The summed E-state index contributed by atoms with van der Waals surface area (Å²) in [5.74, 6) is 0. The highest BCUT2D eigenvalue weighted by molar-refractivity contribution is 7.51. The number of ether oxygens (including phenoxy) is 2. The third kappa shape index (κ3) is 7.14. The number of fused-ring (bicyclic) bond motifs is 1. The number of amides is 1. The number of carbonyl (C=O) groups excluding carboxylic acids is 1. The van der Waals surface area contributed by atoms with E-state index in [1.165, 1.54) is 27.9 Å². The Bertz CT molecular complexity index is 973. The predicted molar refractivity (Wildman–Crippen MR) is 128 cm³/mol. The van der Waals surface area contributed by atoms with Gasteiger partial charge in [-0.2, -0.15) is 8.42 Å². The lowest BCUT2D eigenvalue weighted by atomic mass is 9.98. The Morgan fingerprint density at radius 3 is 2.52 bits per heavy atom. The number of hydrogen-bond acceptors (Lipinski definition) is 6. The van der Waals surface area contributed by atoms with Gasteiger partial charge in [0.1, 0.15) is 0 Å². The summed E-state index contributed by atoms with van der Waals surface area (Å²) in [7, 11) is 0. The topological polar surface area (TPSA) is 76.2 Å². The van der Waals surface area contributed by atoms with Crippen LogP contribution in [0.3, 0.4) is 0 Å². The van der Waals surface area contributed by atoms with Gasteiger partial charge in [-0.05, 0) is 62.4 Å². The van der Waals surface area contributed by atoms with E-state index in [4.69, 9.17) is 17.9 Å². The van der Waals surface area contributed by atoms with Crippen molar-refractivity contribution in [2.24, 2.45) is 0 Å². The quantitative estimate of drug-likeness (QED) is 0.654. The van der Waals surface area contributed by atoms with Crippen LogP contribution in [0, 0.1) is 6.92 Å². The van der Waals surface area contributed by atoms with Crippen LogP contribution in [0.25, 0.3) is 0 Å². The average Bonchev–Trinajstić information content (AvgIpc) is 3.27. The van der Waals surface area contributed by atoms with Crippen LogP contribution in [0.1, 0.15) is 42.5 Å². The van der Waals surface area contributed by atoms with Crippen LogP contribution in [-0.2, 0) is 40.6 Å². The first-order valence-corrected chi connectivity index (χ1v) is 12.0. The lowest BCUT2D eigenvalue weighted by molar-refractivity contribution is 0.0552. The number of hydrogen-bond donors (Lipinski definition) is 0. The fraction of sp³-hybridized carbons (Fsp3) is 0.480. The summed E-state index contributed by atoms with van der Waals surface area (Å²) in [6.07, 6.45) is 1.86. The van der Waals surface area contributed by atoms with Gasteiger partial charge in [-0.15, -0.1) is 0 Å². The van der Waals surface area contributed by atoms with Crippen LogP contribution >= 0.6 is 0 Å². The molecule has 1 atom stereocenters. The van der Waals surface area contributed by atoms with Gasteiger partial charge in [-0.1, -0.05) is 35.9 Å². The van der Waals surface area contributed by atoms with E-state index in [1.54, 1.807) is 4.90 Å². The average molecular weight is 473 g/mol. The maximum absolute atomic E-state index is 12.2. The van der Waals surface area contributed by atoms with Gasteiger partial charge in [0.05, 0.1) is 18.8 Å². The molecule has 0 aromatic heterocycles. The first-order chi connectivity index (χ1) is 15.9. The van der Waals surface area contributed by atoms with Crippen molar-refractivity contribution >= 4 is 23.4 Å². The Morgan fingerprint density at radius 2 is 1.82 bits per heavy atom. The van der Waals surface area contributed by atoms with Crippen molar-refractivity contribution in [1.82, 2.24) is 4.90 Å². The largest absolute Gasteiger partial charge is 0.447 e. The molecule has 2 heterocycles. The third-order valence-corrected chi connectivity index (χ3v) is 5.91. The predicted octanol–water partition coefficient (Wildman–Crippen LogP) is 4.02. The maximum atomic E-state index is 12.2. The van der Waals surface area contributed by atoms with Crippen molar-refractivity contribution in [3.8, 4) is 0 Å². The molecule has 2 aliphatic rings. The Hall–Kier alpha value is -2.71. The Kier molecular flexibility index (Phi) is 9.03. The Balaban J connectivity index is 0.000000968. The monoisotopic (exact) mass is 472 g/mol. The van der Waals surface area contributed by atoms with Crippen LogP contribution in [0.15, 0.2) is 42.5 Å². The van der Waals surface area contributed by atoms with Gasteiger partial charge in [0, 0.05) is 31.9 Å². The minimum Gasteiger partial charge on any atom is -0.447 e. The highest BCUT2D eigenvalue weighted by Crippen LogP contribution is 2.25. The van der Waals surface area contributed by atoms with Gasteiger partial charge in [0.25, 0.3) is 0 Å². The molecule has 0 aliphatic carbocycles. The number of rotatable bonds is 5. The van der Waals surface area contributed by atoms with Crippen LogP contribution in [0.5, 0.6) is 0 Å². The van der Waals surface area contributed by atoms with Crippen LogP contribution in [0.4, 0.5) is 10.5 Å². The molecule has 33 heavy (non-hydrogen) atoms. The highest BCUT2D eigenvalue weighted by Gasteiger charge is 2.25. The number of anilines is 1. The molecule has 0 saturated carbocycles. The SMILES string of the molecule is Cc1ccc(N2CC[C@H](OCc3ccc4c(c3)CN(C(=O)OC(C)C)CC4)C2)cc1.O=S=O. The van der Waals surface area contributed by atoms with Crippen LogP contribution < -0.4 is 4.90 Å². The molecule has 7 nitrogen and oxygen atoms in total. The fourth-order valence-corrected chi connectivity index (χ4v) is 4.20. The van der Waals surface area contributed by atoms with E-state index in [2.05, 4.69) is 54.3 Å². The minimum atomic E-state index is -0.750. The second kappa shape index (κ2) is 12.0. The fourth-order valence-electron chi connectivity index (χ4n) is 4.20. The smallest absolute Gasteiger partial charge is 0.410 e. The minimum absolute atomic E-state index is 0.0930. The van der Waals surface area contributed by atoms with Crippen LogP contribution in [-0.4, -0.2) is 51.3 Å². The molecule has 0 bridgehead atoms. The molecule has 0 N–H and O–H groups in total. The zero-order valence-electron chi connectivity index (χ0n) is 19.5. The van der Waals surface area contributed by atoms with E-state index >= 15 is 0 Å². The molecule has 4 rings (SSSR count). The second-order valence-electron chi connectivity index (χ2n) is 8.78.